The van der Waals surface area contributed by atoms with Gasteiger partial charge in [-0.2, -0.15) is 5.26 Å². The van der Waals surface area contributed by atoms with Gasteiger partial charge in [0.15, 0.2) is 0 Å². The van der Waals surface area contributed by atoms with Crippen molar-refractivity contribution in [2.24, 2.45) is 5.73 Å². The predicted octanol–water partition coefficient (Wildman–Crippen LogP) is 2.34. The lowest BCUT2D eigenvalue weighted by Crippen LogP contribution is -2.25. The second-order valence-electron chi connectivity index (χ2n) is 4.88. The quantitative estimate of drug-likeness (QED) is 0.857. The fourth-order valence-corrected chi connectivity index (χ4v) is 2.54. The van der Waals surface area contributed by atoms with Crippen molar-refractivity contribution in [2.75, 3.05) is 14.2 Å². The van der Waals surface area contributed by atoms with Crippen LogP contribution >= 0.6 is 0 Å². The minimum Gasteiger partial charge on any atom is -0.497 e. The van der Waals surface area contributed by atoms with Gasteiger partial charge in [-0.1, -0.05) is 19.1 Å². The highest BCUT2D eigenvalue weighted by Gasteiger charge is 2.36. The Hall–Kier alpha value is -2.94. The molecular formula is C17H18N2O4. The molecule has 23 heavy (non-hydrogen) atoms. The summed E-state index contributed by atoms with van der Waals surface area (Å²) >= 11 is 0. The van der Waals surface area contributed by atoms with Crippen molar-refractivity contribution in [3.63, 3.8) is 0 Å². The number of benzene rings is 1. The van der Waals surface area contributed by atoms with Gasteiger partial charge in [0.1, 0.15) is 23.2 Å². The molecule has 0 amide bonds. The summed E-state index contributed by atoms with van der Waals surface area (Å²) in [4.78, 5) is 12.3. The SMILES string of the molecule is CCC1=C(C(=O)OC)[C@H](c2ccc(OC)cc2)C(C#N)=C(N)O1. The Kier molecular flexibility index (Phi) is 4.91. The monoisotopic (exact) mass is 314 g/mol. The molecule has 1 aliphatic rings. The summed E-state index contributed by atoms with van der Waals surface area (Å²) in [6, 6.07) is 9.14. The number of ether oxygens (including phenoxy) is 3. The Morgan fingerprint density at radius 1 is 1.35 bits per heavy atom. The molecule has 6 nitrogen and oxygen atoms in total. The maximum absolute atomic E-state index is 12.3. The molecule has 1 aromatic carbocycles. The Morgan fingerprint density at radius 3 is 2.48 bits per heavy atom. The Labute approximate surface area is 134 Å². The molecule has 1 heterocycles. The molecule has 1 aromatic rings. The van der Waals surface area contributed by atoms with Gasteiger partial charge in [0.2, 0.25) is 5.88 Å². The number of rotatable bonds is 4. The van der Waals surface area contributed by atoms with Crippen molar-refractivity contribution in [3.8, 4) is 11.8 Å². The maximum Gasteiger partial charge on any atom is 0.338 e. The van der Waals surface area contributed by atoms with E-state index in [-0.39, 0.29) is 11.5 Å². The molecule has 1 aliphatic heterocycles. The summed E-state index contributed by atoms with van der Waals surface area (Å²) in [7, 11) is 2.86. The average molecular weight is 314 g/mol. The lowest BCUT2D eigenvalue weighted by molar-refractivity contribution is -0.136. The molecule has 0 unspecified atom stereocenters. The predicted molar refractivity (Wildman–Crippen MR) is 83.0 cm³/mol. The van der Waals surface area contributed by atoms with E-state index >= 15 is 0 Å². The van der Waals surface area contributed by atoms with Gasteiger partial charge in [0.25, 0.3) is 0 Å². The van der Waals surface area contributed by atoms with Crippen LogP contribution in [0.5, 0.6) is 5.75 Å². The van der Waals surface area contributed by atoms with Crippen LogP contribution in [0.25, 0.3) is 0 Å². The zero-order chi connectivity index (χ0) is 17.0. The number of nitrogens with zero attached hydrogens (tertiary/aromatic N) is 1. The van der Waals surface area contributed by atoms with Gasteiger partial charge in [0.05, 0.1) is 25.7 Å². The first-order valence-corrected chi connectivity index (χ1v) is 7.10. The third kappa shape index (κ3) is 2.99. The molecule has 0 aliphatic carbocycles. The molecule has 1 atom stereocenters. The second-order valence-corrected chi connectivity index (χ2v) is 4.88. The Balaban J connectivity index is 2.63. The zero-order valence-electron chi connectivity index (χ0n) is 13.3. The van der Waals surface area contributed by atoms with E-state index in [1.54, 1.807) is 31.4 Å². The summed E-state index contributed by atoms with van der Waals surface area (Å²) in [5.41, 5.74) is 7.09. The lowest BCUT2D eigenvalue weighted by Gasteiger charge is -2.27. The third-order valence-corrected chi connectivity index (χ3v) is 3.67. The number of nitrogens with two attached hydrogens (primary N) is 1. The third-order valence-electron chi connectivity index (χ3n) is 3.67. The van der Waals surface area contributed by atoms with Crippen LogP contribution in [0.4, 0.5) is 0 Å². The minimum atomic E-state index is -0.623. The summed E-state index contributed by atoms with van der Waals surface area (Å²) in [5.74, 6) is -0.0625. The number of methoxy groups -OCH3 is 2. The van der Waals surface area contributed by atoms with E-state index in [2.05, 4.69) is 0 Å². The largest absolute Gasteiger partial charge is 0.497 e. The van der Waals surface area contributed by atoms with Crippen molar-refractivity contribution < 1.29 is 19.0 Å². The lowest BCUT2D eigenvalue weighted by atomic mass is 9.82. The van der Waals surface area contributed by atoms with Crippen LogP contribution in [-0.4, -0.2) is 20.2 Å². The van der Waals surface area contributed by atoms with Crippen molar-refractivity contribution >= 4 is 5.97 Å². The van der Waals surface area contributed by atoms with Crippen LogP contribution in [0.1, 0.15) is 24.8 Å². The van der Waals surface area contributed by atoms with E-state index in [1.807, 2.05) is 13.0 Å². The van der Waals surface area contributed by atoms with Crippen LogP contribution < -0.4 is 10.5 Å². The van der Waals surface area contributed by atoms with Crippen LogP contribution in [0.15, 0.2) is 47.1 Å². The molecule has 0 saturated heterocycles. The first-order chi connectivity index (χ1) is 11.1. The van der Waals surface area contributed by atoms with E-state index in [9.17, 15) is 10.1 Å². The maximum atomic E-state index is 12.3. The van der Waals surface area contributed by atoms with Crippen molar-refractivity contribution in [3.05, 3.63) is 52.6 Å². The first kappa shape index (κ1) is 16.4. The van der Waals surface area contributed by atoms with E-state index in [1.165, 1.54) is 7.11 Å². The van der Waals surface area contributed by atoms with Gasteiger partial charge in [-0.15, -0.1) is 0 Å². The molecule has 0 aromatic heterocycles. The number of esters is 1. The van der Waals surface area contributed by atoms with Crippen LogP contribution in [-0.2, 0) is 14.3 Å². The second kappa shape index (κ2) is 6.88. The molecule has 2 N–H and O–H groups in total. The standard InChI is InChI=1S/C17H18N2O4/c1-4-13-15(17(20)22-3)14(12(9-18)16(19)23-13)10-5-7-11(21-2)8-6-10/h5-8,14H,4,19H2,1-3H3/t14-/m1/s1. The van der Waals surface area contributed by atoms with Gasteiger partial charge in [0, 0.05) is 6.42 Å². The summed E-state index contributed by atoms with van der Waals surface area (Å²) in [6.45, 7) is 1.84. The number of allylic oxidation sites excluding steroid dienone is 2. The first-order valence-electron chi connectivity index (χ1n) is 7.10. The molecule has 120 valence electrons. The van der Waals surface area contributed by atoms with E-state index in [4.69, 9.17) is 19.9 Å². The topological polar surface area (TPSA) is 94.6 Å². The highest BCUT2D eigenvalue weighted by Crippen LogP contribution is 2.40. The number of nitriles is 1. The molecule has 6 heteroatoms. The molecule has 0 bridgehead atoms. The van der Waals surface area contributed by atoms with Gasteiger partial charge >= 0.3 is 5.97 Å². The molecule has 0 saturated carbocycles. The van der Waals surface area contributed by atoms with Gasteiger partial charge in [-0.25, -0.2) is 4.79 Å². The number of hydrogen-bond acceptors (Lipinski definition) is 6. The summed E-state index contributed by atoms with van der Waals surface area (Å²) in [5, 5.41) is 9.46. The summed E-state index contributed by atoms with van der Waals surface area (Å²) < 4.78 is 15.5. The fourth-order valence-electron chi connectivity index (χ4n) is 2.54. The molecule has 0 radical (unpaired) electrons. The zero-order valence-corrected chi connectivity index (χ0v) is 13.3. The minimum absolute atomic E-state index is 0.0119. The smallest absolute Gasteiger partial charge is 0.338 e. The van der Waals surface area contributed by atoms with E-state index in [0.717, 1.165) is 5.56 Å². The molecule has 0 spiro atoms. The van der Waals surface area contributed by atoms with Gasteiger partial charge < -0.3 is 19.9 Å². The molecular weight excluding hydrogens is 296 g/mol. The normalized spacial score (nSPS) is 17.4. The highest BCUT2D eigenvalue weighted by atomic mass is 16.5. The van der Waals surface area contributed by atoms with E-state index < -0.39 is 11.9 Å². The van der Waals surface area contributed by atoms with Crippen LogP contribution in [0.2, 0.25) is 0 Å². The number of carbonyl (C=O) groups is 1. The Morgan fingerprint density at radius 2 is 2.00 bits per heavy atom. The molecule has 2 rings (SSSR count). The van der Waals surface area contributed by atoms with Gasteiger partial charge in [-0.3, -0.25) is 0 Å². The van der Waals surface area contributed by atoms with E-state index in [0.29, 0.717) is 23.5 Å². The number of hydrogen-bond donors (Lipinski definition) is 1. The average Bonchev–Trinajstić information content (AvgIpc) is 2.60. The van der Waals surface area contributed by atoms with Crippen molar-refractivity contribution in [1.82, 2.24) is 0 Å². The molecule has 0 fully saturated rings. The summed E-state index contributed by atoms with van der Waals surface area (Å²) in [6.07, 6.45) is 0.455. The fraction of sp³-hybridized carbons (Fsp3) is 0.294. The highest BCUT2D eigenvalue weighted by molar-refractivity contribution is 5.92. The van der Waals surface area contributed by atoms with Gasteiger partial charge in [-0.05, 0) is 17.7 Å². The van der Waals surface area contributed by atoms with Crippen LogP contribution in [0, 0.1) is 11.3 Å². The van der Waals surface area contributed by atoms with Crippen molar-refractivity contribution in [2.45, 2.75) is 19.3 Å². The Bertz CT molecular complexity index is 711. The number of carbonyl (C=O) groups excluding carboxylic acids is 1. The van der Waals surface area contributed by atoms with Crippen molar-refractivity contribution in [1.29, 1.82) is 5.26 Å². The van der Waals surface area contributed by atoms with Crippen LogP contribution in [0.3, 0.4) is 0 Å².